The summed E-state index contributed by atoms with van der Waals surface area (Å²) < 4.78 is 29.6. The SMILES string of the molecule is CN(Cc1ccnn1C)C(=O)Cn1nc(C(F)F)c(Br)c1C1CC1. The molecule has 0 N–H and O–H groups in total. The monoisotopic (exact) mass is 401 g/mol. The summed E-state index contributed by atoms with van der Waals surface area (Å²) in [6.07, 6.45) is 0.872. The van der Waals surface area contributed by atoms with Crippen LogP contribution in [0.15, 0.2) is 16.7 Å². The van der Waals surface area contributed by atoms with Gasteiger partial charge in [-0.25, -0.2) is 8.78 Å². The van der Waals surface area contributed by atoms with Gasteiger partial charge in [-0.1, -0.05) is 0 Å². The van der Waals surface area contributed by atoms with Gasteiger partial charge in [0.25, 0.3) is 6.43 Å². The van der Waals surface area contributed by atoms with Crippen molar-refractivity contribution in [3.8, 4) is 0 Å². The largest absolute Gasteiger partial charge is 0.338 e. The molecule has 1 saturated carbocycles. The molecule has 9 heteroatoms. The van der Waals surface area contributed by atoms with Crippen molar-refractivity contribution in [2.75, 3.05) is 7.05 Å². The molecule has 0 saturated heterocycles. The molecule has 0 atom stereocenters. The van der Waals surface area contributed by atoms with E-state index < -0.39 is 6.43 Å². The Labute approximate surface area is 146 Å². The van der Waals surface area contributed by atoms with Gasteiger partial charge in [-0.15, -0.1) is 0 Å². The lowest BCUT2D eigenvalue weighted by atomic mass is 10.2. The highest BCUT2D eigenvalue weighted by molar-refractivity contribution is 9.10. The molecule has 24 heavy (non-hydrogen) atoms. The Bertz CT molecular complexity index is 753. The van der Waals surface area contributed by atoms with Crippen molar-refractivity contribution < 1.29 is 13.6 Å². The van der Waals surface area contributed by atoms with Gasteiger partial charge in [-0.05, 0) is 34.8 Å². The highest BCUT2D eigenvalue weighted by Gasteiger charge is 2.34. The first-order valence-electron chi connectivity index (χ1n) is 7.63. The molecule has 1 aliphatic carbocycles. The summed E-state index contributed by atoms with van der Waals surface area (Å²) in [5, 5.41) is 8.03. The molecule has 0 bridgehead atoms. The predicted octanol–water partition coefficient (Wildman–Crippen LogP) is 2.85. The zero-order chi connectivity index (χ0) is 17.4. The average Bonchev–Trinajstić information content (AvgIpc) is 3.19. The first-order valence-corrected chi connectivity index (χ1v) is 8.43. The van der Waals surface area contributed by atoms with Crippen molar-refractivity contribution in [2.45, 2.75) is 38.3 Å². The van der Waals surface area contributed by atoms with Crippen molar-refractivity contribution in [1.82, 2.24) is 24.5 Å². The zero-order valence-electron chi connectivity index (χ0n) is 13.4. The van der Waals surface area contributed by atoms with Gasteiger partial charge >= 0.3 is 0 Å². The van der Waals surface area contributed by atoms with E-state index in [2.05, 4.69) is 26.1 Å². The van der Waals surface area contributed by atoms with E-state index in [1.165, 1.54) is 4.68 Å². The lowest BCUT2D eigenvalue weighted by molar-refractivity contribution is -0.131. The number of nitrogens with zero attached hydrogens (tertiary/aromatic N) is 5. The third-order valence-corrected chi connectivity index (χ3v) is 4.97. The van der Waals surface area contributed by atoms with E-state index in [0.29, 0.717) is 16.7 Å². The number of aryl methyl sites for hydroxylation is 1. The van der Waals surface area contributed by atoms with Gasteiger partial charge in [-0.3, -0.25) is 14.2 Å². The van der Waals surface area contributed by atoms with E-state index in [-0.39, 0.29) is 24.1 Å². The van der Waals surface area contributed by atoms with Crippen molar-refractivity contribution in [3.63, 3.8) is 0 Å². The molecular formula is C15H18BrF2N5O. The normalized spacial score (nSPS) is 14.4. The van der Waals surface area contributed by atoms with Gasteiger partial charge in [0.1, 0.15) is 12.2 Å². The molecule has 0 radical (unpaired) electrons. The lowest BCUT2D eigenvalue weighted by Crippen LogP contribution is -2.31. The van der Waals surface area contributed by atoms with Crippen molar-refractivity contribution in [2.24, 2.45) is 7.05 Å². The van der Waals surface area contributed by atoms with Crippen LogP contribution in [0, 0.1) is 0 Å². The van der Waals surface area contributed by atoms with E-state index in [4.69, 9.17) is 0 Å². The predicted molar refractivity (Wildman–Crippen MR) is 86.5 cm³/mol. The van der Waals surface area contributed by atoms with Crippen LogP contribution in [0.2, 0.25) is 0 Å². The Morgan fingerprint density at radius 1 is 1.50 bits per heavy atom. The van der Waals surface area contributed by atoms with Crippen LogP contribution in [0.25, 0.3) is 0 Å². The highest BCUT2D eigenvalue weighted by atomic mass is 79.9. The third-order valence-electron chi connectivity index (χ3n) is 4.16. The number of carbonyl (C=O) groups is 1. The van der Waals surface area contributed by atoms with E-state index in [1.807, 2.05) is 6.07 Å². The van der Waals surface area contributed by atoms with Gasteiger partial charge < -0.3 is 4.90 Å². The number of rotatable bonds is 6. The average molecular weight is 402 g/mol. The number of alkyl halides is 2. The standard InChI is InChI=1S/C15H18BrF2N5O/c1-21(7-10-5-6-19-22(10)2)11(24)8-23-14(9-3-4-9)12(16)13(20-23)15(17)18/h5-6,9,15H,3-4,7-8H2,1-2H3. The van der Waals surface area contributed by atoms with E-state index in [1.54, 1.807) is 29.9 Å². The van der Waals surface area contributed by atoms with Crippen LogP contribution in [-0.2, 0) is 24.9 Å². The highest BCUT2D eigenvalue weighted by Crippen LogP contribution is 2.45. The number of aromatic nitrogens is 4. The molecule has 2 aromatic rings. The quantitative estimate of drug-likeness (QED) is 0.747. The third kappa shape index (κ3) is 3.35. The van der Waals surface area contributed by atoms with Gasteiger partial charge in [0.05, 0.1) is 22.4 Å². The van der Waals surface area contributed by atoms with Crippen LogP contribution in [0.4, 0.5) is 8.78 Å². The molecule has 0 aromatic carbocycles. The topological polar surface area (TPSA) is 56.0 Å². The van der Waals surface area contributed by atoms with E-state index in [0.717, 1.165) is 18.5 Å². The summed E-state index contributed by atoms with van der Waals surface area (Å²) in [5.41, 5.74) is 1.30. The van der Waals surface area contributed by atoms with Crippen molar-refractivity contribution >= 4 is 21.8 Å². The zero-order valence-corrected chi connectivity index (χ0v) is 15.0. The molecule has 2 aromatic heterocycles. The summed E-state index contributed by atoms with van der Waals surface area (Å²) in [6, 6.07) is 1.83. The molecule has 0 unspecified atom stereocenters. The fraction of sp³-hybridized carbons (Fsp3) is 0.533. The second-order valence-corrected chi connectivity index (χ2v) is 6.81. The molecule has 3 rings (SSSR count). The Morgan fingerprint density at radius 3 is 2.75 bits per heavy atom. The second-order valence-electron chi connectivity index (χ2n) is 6.01. The Kier molecular flexibility index (Phi) is 4.71. The van der Waals surface area contributed by atoms with Crippen molar-refractivity contribution in [1.29, 1.82) is 0 Å². The summed E-state index contributed by atoms with van der Waals surface area (Å²) >= 11 is 3.23. The second kappa shape index (κ2) is 6.62. The van der Waals surface area contributed by atoms with E-state index in [9.17, 15) is 13.6 Å². The Hall–Kier alpha value is -1.77. The summed E-state index contributed by atoms with van der Waals surface area (Å²) in [4.78, 5) is 14.0. The summed E-state index contributed by atoms with van der Waals surface area (Å²) in [6.45, 7) is 0.351. The van der Waals surface area contributed by atoms with E-state index >= 15 is 0 Å². The maximum atomic E-state index is 13.1. The Balaban J connectivity index is 1.76. The molecule has 0 aliphatic heterocycles. The number of hydrogen-bond donors (Lipinski definition) is 0. The van der Waals surface area contributed by atoms with Crippen molar-refractivity contribution in [3.05, 3.63) is 33.8 Å². The molecule has 6 nitrogen and oxygen atoms in total. The fourth-order valence-electron chi connectivity index (χ4n) is 2.62. The number of hydrogen-bond acceptors (Lipinski definition) is 3. The van der Waals surface area contributed by atoms with Gasteiger partial charge in [-0.2, -0.15) is 10.2 Å². The van der Waals surface area contributed by atoms with Crippen LogP contribution < -0.4 is 0 Å². The molecule has 1 fully saturated rings. The van der Waals surface area contributed by atoms with Crippen LogP contribution in [0.1, 0.15) is 42.3 Å². The first-order chi connectivity index (χ1) is 11.4. The molecular weight excluding hydrogens is 384 g/mol. The smallest absolute Gasteiger partial charge is 0.283 e. The lowest BCUT2D eigenvalue weighted by Gasteiger charge is -2.18. The molecule has 1 amide bonds. The van der Waals surface area contributed by atoms with Crippen LogP contribution in [-0.4, -0.2) is 37.4 Å². The molecule has 130 valence electrons. The minimum absolute atomic E-state index is 0.0501. The van der Waals surface area contributed by atoms with Crippen LogP contribution in [0.5, 0.6) is 0 Å². The number of amides is 1. The minimum Gasteiger partial charge on any atom is -0.338 e. The first kappa shape index (κ1) is 17.1. The molecule has 1 aliphatic rings. The van der Waals surface area contributed by atoms with Gasteiger partial charge in [0, 0.05) is 26.2 Å². The van der Waals surface area contributed by atoms with Gasteiger partial charge in [0.15, 0.2) is 0 Å². The van der Waals surface area contributed by atoms with Crippen LogP contribution >= 0.6 is 15.9 Å². The molecule has 2 heterocycles. The maximum Gasteiger partial charge on any atom is 0.283 e. The molecule has 0 spiro atoms. The minimum atomic E-state index is -2.67. The number of carbonyl (C=O) groups excluding carboxylic acids is 1. The Morgan fingerprint density at radius 2 is 2.21 bits per heavy atom. The number of likely N-dealkylation sites (N-methyl/N-ethyl adjacent to an activating group) is 1. The summed E-state index contributed by atoms with van der Waals surface area (Å²) in [5.74, 6) is 0.0171. The van der Waals surface area contributed by atoms with Gasteiger partial charge in [0.2, 0.25) is 5.91 Å². The summed E-state index contributed by atoms with van der Waals surface area (Å²) in [7, 11) is 3.48. The number of halogens is 3. The maximum absolute atomic E-state index is 13.1. The fourth-order valence-corrected chi connectivity index (χ4v) is 3.40. The van der Waals surface area contributed by atoms with Crippen LogP contribution in [0.3, 0.4) is 0 Å².